The Balaban J connectivity index is 0.000000153. The average molecular weight is 2130 g/mol. The molecule has 0 fully saturated rings. The Bertz CT molecular complexity index is 5400. The van der Waals surface area contributed by atoms with Gasteiger partial charge in [0.25, 0.3) is 0 Å². The minimum absolute atomic E-state index is 0. The van der Waals surface area contributed by atoms with Crippen molar-refractivity contribution in [2.24, 2.45) is 0 Å². The van der Waals surface area contributed by atoms with Crippen LogP contribution in [-0.4, -0.2) is 44.4 Å². The van der Waals surface area contributed by atoms with E-state index in [1.165, 1.54) is 71.9 Å². The number of pyridine rings is 8. The Kier molecular flexibility index (Phi) is 32.3. The molecule has 9 aromatic carbocycles. The third-order valence-corrected chi connectivity index (χ3v) is 17.3. The van der Waals surface area contributed by atoms with Crippen LogP contribution in [0.2, 0.25) is 0 Å². The van der Waals surface area contributed by atoms with Crippen molar-refractivity contribution in [1.82, 2.24) is 44.4 Å². The van der Waals surface area contributed by atoms with Gasteiger partial charge in [-0.25, -0.2) is 0 Å². The first-order valence-corrected chi connectivity index (χ1v) is 34.9. The quantitative estimate of drug-likeness (QED) is 0.125. The molecule has 9 nitrogen and oxygen atoms in total. The van der Waals surface area contributed by atoms with Crippen molar-refractivity contribution in [2.75, 3.05) is 0 Å². The molecule has 546 valence electrons. The van der Waals surface area contributed by atoms with E-state index in [0.717, 1.165) is 73.5 Å². The van der Waals surface area contributed by atoms with Gasteiger partial charge in [-0.15, -0.1) is 131 Å². The number of hydrogen-bond acceptors (Lipinski definition) is 8. The van der Waals surface area contributed by atoms with E-state index in [-0.39, 0.29) is 80.4 Å². The maximum atomic E-state index is 4.55. The number of aryl methyl sites for hydroxylation is 3. The zero-order valence-electron chi connectivity index (χ0n) is 60.3. The summed E-state index contributed by atoms with van der Waals surface area (Å²) in [7, 11) is 0. The molecule has 0 saturated heterocycles. The SMILES string of the molecule is Cc1cc(-c2[c-]cccc2)ncc1-c1ccccc1.Cc1cc(-c2ccccn2)[c-]cc1-c1ccccc1.Cc1ccccc1-c1ccnc(-c2[c-]cccc2)c1.[Ir].[Ir].[Ir].[Ir].[c-]1ccc(-n2c3ccccc3c3ccccc32)cc1-c1ccccn1.c1ccc(-c2ccccn2)nc1.c1ccc(-c2ccccn2)nc1. The van der Waals surface area contributed by atoms with Crippen LogP contribution in [0.15, 0.2) is 389 Å². The van der Waals surface area contributed by atoms with Gasteiger partial charge in [0.2, 0.25) is 0 Å². The van der Waals surface area contributed by atoms with Crippen LogP contribution >= 0.6 is 0 Å². The van der Waals surface area contributed by atoms with Crippen molar-refractivity contribution >= 4 is 21.8 Å². The van der Waals surface area contributed by atoms with Crippen molar-refractivity contribution in [1.29, 1.82) is 0 Å². The van der Waals surface area contributed by atoms with Gasteiger partial charge in [-0.3, -0.25) is 19.9 Å². The summed E-state index contributed by atoms with van der Waals surface area (Å²) < 4.78 is 2.31. The first-order chi connectivity index (χ1) is 52.4. The van der Waals surface area contributed by atoms with Crippen LogP contribution in [0.4, 0.5) is 0 Å². The molecular weight excluding hydrogens is 2060 g/mol. The molecule has 0 unspecified atom stereocenters. The second-order valence-corrected chi connectivity index (χ2v) is 24.5. The van der Waals surface area contributed by atoms with E-state index in [0.29, 0.717) is 0 Å². The van der Waals surface area contributed by atoms with Gasteiger partial charge >= 0.3 is 0 Å². The van der Waals surface area contributed by atoms with Crippen molar-refractivity contribution < 1.29 is 80.4 Å². The summed E-state index contributed by atoms with van der Waals surface area (Å²) in [4.78, 5) is 34.6. The van der Waals surface area contributed by atoms with E-state index in [1.54, 1.807) is 24.8 Å². The van der Waals surface area contributed by atoms with E-state index in [1.807, 2.05) is 213 Å². The van der Waals surface area contributed by atoms with Gasteiger partial charge in [-0.2, -0.15) is 0 Å². The fourth-order valence-electron chi connectivity index (χ4n) is 12.1. The van der Waals surface area contributed by atoms with Crippen LogP contribution in [0.25, 0.3) is 129 Å². The summed E-state index contributed by atoms with van der Waals surface area (Å²) in [5, 5.41) is 2.54. The number of benzene rings is 9. The molecule has 9 heterocycles. The van der Waals surface area contributed by atoms with Gasteiger partial charge in [0.1, 0.15) is 0 Å². The van der Waals surface area contributed by atoms with Crippen LogP contribution in [0.5, 0.6) is 0 Å². The predicted octanol–water partition coefficient (Wildman–Crippen LogP) is 23.5. The predicted molar refractivity (Wildman–Crippen MR) is 434 cm³/mol. The molecule has 0 aliphatic heterocycles. The summed E-state index contributed by atoms with van der Waals surface area (Å²) in [6.45, 7) is 6.38. The number of aromatic nitrogens is 9. The molecule has 0 spiro atoms. The molecule has 4 radical (unpaired) electrons. The second kappa shape index (κ2) is 42.9. The zero-order chi connectivity index (χ0) is 72.3. The molecule has 0 saturated carbocycles. The van der Waals surface area contributed by atoms with Crippen molar-refractivity contribution in [3.05, 3.63) is 430 Å². The Morgan fingerprint density at radius 3 is 1.07 bits per heavy atom. The summed E-state index contributed by atoms with van der Waals surface area (Å²) in [6.07, 6.45) is 14.5. The van der Waals surface area contributed by atoms with Crippen molar-refractivity contribution in [2.45, 2.75) is 20.8 Å². The second-order valence-electron chi connectivity index (χ2n) is 24.5. The van der Waals surface area contributed by atoms with Gasteiger partial charge in [0.05, 0.1) is 33.8 Å². The molecule has 0 atom stereocenters. The third kappa shape index (κ3) is 22.1. The third-order valence-electron chi connectivity index (χ3n) is 17.3. The Hall–Kier alpha value is -11.4. The van der Waals surface area contributed by atoms with E-state index in [4.69, 9.17) is 0 Å². The first-order valence-electron chi connectivity index (χ1n) is 34.9. The van der Waals surface area contributed by atoms with Gasteiger partial charge in [-0.1, -0.05) is 200 Å². The van der Waals surface area contributed by atoms with Crippen molar-refractivity contribution in [3.63, 3.8) is 0 Å². The smallest absolute Gasteiger partial charge is 0.0886 e. The van der Waals surface area contributed by atoms with Crippen LogP contribution < -0.4 is 0 Å². The number of rotatable bonds is 10. The van der Waals surface area contributed by atoms with E-state index < -0.39 is 0 Å². The molecule has 18 rings (SSSR count). The Morgan fingerprint density at radius 1 is 0.236 bits per heavy atom. The Labute approximate surface area is 698 Å². The molecule has 9 aromatic heterocycles. The molecule has 0 aliphatic carbocycles. The maximum Gasteiger partial charge on any atom is 0.0886 e. The van der Waals surface area contributed by atoms with E-state index >= 15 is 0 Å². The molecule has 0 N–H and O–H groups in total. The van der Waals surface area contributed by atoms with Gasteiger partial charge < -0.3 is 24.5 Å². The standard InChI is InChI=1S/C23H15N2.3C18H14N.2C10H8N2.4Ir/c1-3-13-22-19(10-1)20-11-2-4-14-23(20)25(22)18-9-7-8-17(16-18)21-12-5-6-15-24-21;1-14-12-18(16-10-6-3-7-11-16)19-13-17(14)15-8-4-2-5-9-15;1-14-7-5-6-10-17(14)16-11-12-19-18(13-16)15-8-3-2-4-9-15;1-14-13-16(18-9-5-6-12-19-18)10-11-17(14)15-7-3-2-4-8-15;2*1-3-7-11-9(5-1)10-6-2-4-8-12-10;;;;/h1-7,9-16H;2-10,12-13H,1H3;2-8,10-13H,1H3;2-9,11-13H,1H3;2*1-8H;;;;/q4*-1;;;;;;. The number of para-hydroxylation sites is 2. The van der Waals surface area contributed by atoms with Crippen LogP contribution in [0, 0.1) is 45.0 Å². The van der Waals surface area contributed by atoms with Gasteiger partial charge in [0.15, 0.2) is 0 Å². The largest absolute Gasteiger partial charge is 0.327 e. The fourth-order valence-corrected chi connectivity index (χ4v) is 12.1. The molecule has 0 bridgehead atoms. The molecule has 0 amide bonds. The zero-order valence-corrected chi connectivity index (χ0v) is 69.9. The summed E-state index contributed by atoms with van der Waals surface area (Å²) in [5.41, 5.74) is 26.2. The summed E-state index contributed by atoms with van der Waals surface area (Å²) in [6, 6.07) is 127. The van der Waals surface area contributed by atoms with Crippen LogP contribution in [-0.2, 0) is 80.4 Å². The topological polar surface area (TPSA) is 108 Å². The molecular formula is C97H73Ir4N9-4. The van der Waals surface area contributed by atoms with Crippen molar-refractivity contribution in [3.8, 4) is 107 Å². The van der Waals surface area contributed by atoms with Gasteiger partial charge in [-0.05, 0) is 149 Å². The van der Waals surface area contributed by atoms with Crippen LogP contribution in [0.1, 0.15) is 16.7 Å². The minimum Gasteiger partial charge on any atom is -0.327 e. The molecule has 18 aromatic rings. The van der Waals surface area contributed by atoms with E-state index in [9.17, 15) is 0 Å². The number of hydrogen-bond donors (Lipinski definition) is 0. The normalized spacial score (nSPS) is 10.0. The Morgan fingerprint density at radius 2 is 0.627 bits per heavy atom. The fraction of sp³-hybridized carbons (Fsp3) is 0.0309. The minimum atomic E-state index is 0. The summed E-state index contributed by atoms with van der Waals surface area (Å²) in [5.74, 6) is 0. The molecule has 110 heavy (non-hydrogen) atoms. The maximum absolute atomic E-state index is 4.55. The molecule has 0 aliphatic rings. The monoisotopic (exact) mass is 2140 g/mol. The first kappa shape index (κ1) is 82.6. The molecule has 13 heteroatoms. The van der Waals surface area contributed by atoms with E-state index in [2.05, 4.69) is 241 Å². The average Bonchev–Trinajstić information content (AvgIpc) is 1.60. The van der Waals surface area contributed by atoms with Gasteiger partial charge in [0, 0.05) is 146 Å². The number of fused-ring (bicyclic) bond motifs is 3. The summed E-state index contributed by atoms with van der Waals surface area (Å²) >= 11 is 0. The van der Waals surface area contributed by atoms with Crippen LogP contribution in [0.3, 0.4) is 0 Å². The number of nitrogens with zero attached hydrogens (tertiary/aromatic N) is 9.